The van der Waals surface area contributed by atoms with E-state index in [0.717, 1.165) is 32.1 Å². The second-order valence-electron chi connectivity index (χ2n) is 7.39. The standard InChI is InChI=1S/C17H27ClN2O5/c18-15-9-8-13(20(24)25)10-14(15)17(23)19-12-6-4-11(5-7-12)2-1-3-16(21)22/h11-15H,1-10H2,(H,19,23)(H,21,22). The molecule has 142 valence electrons. The molecule has 2 N–H and O–H groups in total. The number of nitrogens with zero attached hydrogens (tertiary/aromatic N) is 1. The normalized spacial score (nSPS) is 32.8. The lowest BCUT2D eigenvalue weighted by Crippen LogP contribution is -2.46. The van der Waals surface area contributed by atoms with E-state index in [9.17, 15) is 19.7 Å². The van der Waals surface area contributed by atoms with Crippen LogP contribution in [0.5, 0.6) is 0 Å². The topological polar surface area (TPSA) is 110 Å². The molecule has 1 amide bonds. The van der Waals surface area contributed by atoms with Gasteiger partial charge in [0.15, 0.2) is 0 Å². The van der Waals surface area contributed by atoms with Gasteiger partial charge in [-0.3, -0.25) is 19.7 Å². The van der Waals surface area contributed by atoms with E-state index in [1.54, 1.807) is 0 Å². The van der Waals surface area contributed by atoms with E-state index < -0.39 is 17.9 Å². The Labute approximate surface area is 152 Å². The van der Waals surface area contributed by atoms with Crippen LogP contribution in [0.1, 0.15) is 64.2 Å². The van der Waals surface area contributed by atoms with E-state index in [-0.39, 0.29) is 35.1 Å². The maximum absolute atomic E-state index is 12.5. The summed E-state index contributed by atoms with van der Waals surface area (Å²) in [5.41, 5.74) is 0. The van der Waals surface area contributed by atoms with Crippen LogP contribution in [0.4, 0.5) is 0 Å². The molecular formula is C17H27ClN2O5. The number of hydrogen-bond acceptors (Lipinski definition) is 4. The fourth-order valence-electron chi connectivity index (χ4n) is 4.02. The summed E-state index contributed by atoms with van der Waals surface area (Å²) in [6.07, 6.45) is 6.72. The quantitative estimate of drug-likeness (QED) is 0.404. The number of halogens is 1. The second kappa shape index (κ2) is 9.36. The molecule has 0 heterocycles. The van der Waals surface area contributed by atoms with Crippen molar-refractivity contribution in [3.63, 3.8) is 0 Å². The number of carboxylic acid groups (broad SMARTS) is 1. The van der Waals surface area contributed by atoms with Crippen LogP contribution >= 0.6 is 11.6 Å². The number of hydrogen-bond donors (Lipinski definition) is 2. The summed E-state index contributed by atoms with van der Waals surface area (Å²) in [4.78, 5) is 33.7. The molecule has 0 aromatic carbocycles. The number of carbonyl (C=O) groups excluding carboxylic acids is 1. The highest BCUT2D eigenvalue weighted by molar-refractivity contribution is 6.22. The first-order valence-corrected chi connectivity index (χ1v) is 9.60. The average Bonchev–Trinajstić information content (AvgIpc) is 2.56. The lowest BCUT2D eigenvalue weighted by atomic mass is 9.82. The zero-order valence-electron chi connectivity index (χ0n) is 14.4. The predicted molar refractivity (Wildman–Crippen MR) is 93.1 cm³/mol. The summed E-state index contributed by atoms with van der Waals surface area (Å²) >= 11 is 6.24. The second-order valence-corrected chi connectivity index (χ2v) is 7.95. The van der Waals surface area contributed by atoms with E-state index in [0.29, 0.717) is 25.2 Å². The predicted octanol–water partition coefficient (Wildman–Crippen LogP) is 2.97. The van der Waals surface area contributed by atoms with Crippen LogP contribution in [0.15, 0.2) is 0 Å². The van der Waals surface area contributed by atoms with Crippen LogP contribution in [0.25, 0.3) is 0 Å². The van der Waals surface area contributed by atoms with Crippen LogP contribution < -0.4 is 5.32 Å². The van der Waals surface area contributed by atoms with E-state index in [1.807, 2.05) is 0 Å². The van der Waals surface area contributed by atoms with Gasteiger partial charge in [-0.15, -0.1) is 11.6 Å². The van der Waals surface area contributed by atoms with Crippen molar-refractivity contribution in [1.82, 2.24) is 5.32 Å². The van der Waals surface area contributed by atoms with Gasteiger partial charge in [0.2, 0.25) is 11.9 Å². The van der Waals surface area contributed by atoms with Gasteiger partial charge in [-0.1, -0.05) is 0 Å². The molecule has 0 aromatic rings. The molecule has 0 bridgehead atoms. The number of rotatable bonds is 7. The van der Waals surface area contributed by atoms with Crippen molar-refractivity contribution in [2.45, 2.75) is 81.7 Å². The third-order valence-electron chi connectivity index (χ3n) is 5.57. The van der Waals surface area contributed by atoms with Gasteiger partial charge < -0.3 is 10.4 Å². The van der Waals surface area contributed by atoms with Gasteiger partial charge >= 0.3 is 5.97 Å². The molecule has 0 aromatic heterocycles. The Morgan fingerprint density at radius 3 is 2.44 bits per heavy atom. The summed E-state index contributed by atoms with van der Waals surface area (Å²) in [5.74, 6) is -0.862. The molecule has 0 saturated heterocycles. The minimum atomic E-state index is -0.753. The Bertz CT molecular complexity index is 493. The molecule has 8 heteroatoms. The van der Waals surface area contributed by atoms with E-state index in [4.69, 9.17) is 16.7 Å². The lowest BCUT2D eigenvalue weighted by molar-refractivity contribution is -0.527. The van der Waals surface area contributed by atoms with Crippen molar-refractivity contribution < 1.29 is 19.6 Å². The van der Waals surface area contributed by atoms with Gasteiger partial charge in [-0.2, -0.15) is 0 Å². The minimum Gasteiger partial charge on any atom is -0.481 e. The largest absolute Gasteiger partial charge is 0.481 e. The van der Waals surface area contributed by atoms with Crippen LogP contribution in [-0.4, -0.2) is 39.4 Å². The smallest absolute Gasteiger partial charge is 0.303 e. The zero-order valence-corrected chi connectivity index (χ0v) is 15.1. The highest BCUT2D eigenvalue weighted by atomic mass is 35.5. The van der Waals surface area contributed by atoms with Gasteiger partial charge in [0, 0.05) is 35.6 Å². The molecule has 2 rings (SSSR count). The Morgan fingerprint density at radius 2 is 1.84 bits per heavy atom. The summed E-state index contributed by atoms with van der Waals surface area (Å²) in [5, 5.41) is 22.4. The fourth-order valence-corrected chi connectivity index (χ4v) is 4.36. The number of nitrogens with one attached hydrogen (secondary N) is 1. The van der Waals surface area contributed by atoms with Crippen LogP contribution in [0.2, 0.25) is 0 Å². The maximum Gasteiger partial charge on any atom is 0.303 e. The molecule has 0 aliphatic heterocycles. The summed E-state index contributed by atoms with van der Waals surface area (Å²) in [6, 6.07) is -0.571. The van der Waals surface area contributed by atoms with E-state index in [2.05, 4.69) is 5.32 Å². The number of carboxylic acids is 1. The van der Waals surface area contributed by atoms with Crippen LogP contribution in [-0.2, 0) is 9.59 Å². The fraction of sp³-hybridized carbons (Fsp3) is 0.882. The third kappa shape index (κ3) is 6.13. The SMILES string of the molecule is O=C(O)CCCC1CCC(NC(=O)C2CC([N+](=O)[O-])CCC2Cl)CC1. The molecule has 0 spiro atoms. The molecule has 2 saturated carbocycles. The molecule has 2 fully saturated rings. The summed E-state index contributed by atoms with van der Waals surface area (Å²) < 4.78 is 0. The average molecular weight is 375 g/mol. The number of aliphatic carboxylic acids is 1. The van der Waals surface area contributed by atoms with Crippen molar-refractivity contribution in [2.24, 2.45) is 11.8 Å². The molecule has 2 aliphatic rings. The Hall–Kier alpha value is -1.37. The number of nitro groups is 1. The van der Waals surface area contributed by atoms with Gasteiger partial charge in [-0.25, -0.2) is 0 Å². The molecule has 3 atom stereocenters. The molecule has 0 radical (unpaired) electrons. The van der Waals surface area contributed by atoms with Crippen molar-refractivity contribution in [3.05, 3.63) is 10.1 Å². The van der Waals surface area contributed by atoms with Gasteiger partial charge in [0.25, 0.3) is 0 Å². The first-order chi connectivity index (χ1) is 11.9. The van der Waals surface area contributed by atoms with E-state index >= 15 is 0 Å². The lowest BCUT2D eigenvalue weighted by Gasteiger charge is -2.32. The first-order valence-electron chi connectivity index (χ1n) is 9.16. The minimum absolute atomic E-state index is 0.100. The van der Waals surface area contributed by atoms with Gasteiger partial charge in [0.1, 0.15) is 0 Å². The Kier molecular flexibility index (Phi) is 7.47. The summed E-state index contributed by atoms with van der Waals surface area (Å²) in [7, 11) is 0. The molecule has 2 aliphatic carbocycles. The number of carbonyl (C=O) groups is 2. The van der Waals surface area contributed by atoms with Crippen molar-refractivity contribution in [3.8, 4) is 0 Å². The zero-order chi connectivity index (χ0) is 18.4. The van der Waals surface area contributed by atoms with Crippen molar-refractivity contribution >= 4 is 23.5 Å². The molecule has 25 heavy (non-hydrogen) atoms. The Morgan fingerprint density at radius 1 is 1.16 bits per heavy atom. The van der Waals surface area contributed by atoms with Crippen LogP contribution in [0.3, 0.4) is 0 Å². The maximum atomic E-state index is 12.5. The van der Waals surface area contributed by atoms with E-state index in [1.165, 1.54) is 0 Å². The first kappa shape index (κ1) is 19.9. The monoisotopic (exact) mass is 374 g/mol. The number of alkyl halides is 1. The number of amides is 1. The van der Waals surface area contributed by atoms with Crippen molar-refractivity contribution in [2.75, 3.05) is 0 Å². The molecule has 7 nitrogen and oxygen atoms in total. The molecule has 3 unspecified atom stereocenters. The highest BCUT2D eigenvalue weighted by Gasteiger charge is 2.39. The Balaban J connectivity index is 1.74. The van der Waals surface area contributed by atoms with Gasteiger partial charge in [0.05, 0.1) is 5.92 Å². The molecular weight excluding hydrogens is 348 g/mol. The highest BCUT2D eigenvalue weighted by Crippen LogP contribution is 2.32. The van der Waals surface area contributed by atoms with Gasteiger partial charge in [-0.05, 0) is 50.9 Å². The summed E-state index contributed by atoms with van der Waals surface area (Å²) in [6.45, 7) is 0. The van der Waals surface area contributed by atoms with Crippen molar-refractivity contribution in [1.29, 1.82) is 0 Å². The third-order valence-corrected chi connectivity index (χ3v) is 6.09. The van der Waals surface area contributed by atoms with Crippen LogP contribution in [0, 0.1) is 22.0 Å².